The predicted molar refractivity (Wildman–Crippen MR) is 96.5 cm³/mol. The minimum atomic E-state index is -0.521. The van der Waals surface area contributed by atoms with Crippen molar-refractivity contribution >= 4 is 22.4 Å². The number of hydrogen-bond acceptors (Lipinski definition) is 3. The molecule has 0 bridgehead atoms. The van der Waals surface area contributed by atoms with Gasteiger partial charge in [0.2, 0.25) is 0 Å². The van der Waals surface area contributed by atoms with E-state index in [9.17, 15) is 9.90 Å². The number of amides is 1. The molecule has 2 aromatic carbocycles. The van der Waals surface area contributed by atoms with Crippen LogP contribution in [0.3, 0.4) is 0 Å². The molecule has 0 spiro atoms. The second-order valence-corrected chi connectivity index (χ2v) is 7.23. The van der Waals surface area contributed by atoms with Crippen molar-refractivity contribution in [2.24, 2.45) is 5.92 Å². The van der Waals surface area contributed by atoms with Gasteiger partial charge in [-0.3, -0.25) is 4.79 Å². The number of piperidine rings is 1. The zero-order chi connectivity index (χ0) is 16.7. The van der Waals surface area contributed by atoms with Crippen molar-refractivity contribution in [3.05, 3.63) is 42.0 Å². The molecule has 1 atom stereocenters. The van der Waals surface area contributed by atoms with E-state index in [4.69, 9.17) is 0 Å². The minimum Gasteiger partial charge on any atom is -0.390 e. The Morgan fingerprint density at radius 1 is 1.12 bits per heavy atom. The van der Waals surface area contributed by atoms with Crippen LogP contribution in [0.15, 0.2) is 36.4 Å². The Morgan fingerprint density at radius 3 is 2.58 bits per heavy atom. The van der Waals surface area contributed by atoms with Gasteiger partial charge in [0.15, 0.2) is 0 Å². The maximum Gasteiger partial charge on any atom is 0.259 e. The topological polar surface area (TPSA) is 43.8 Å². The van der Waals surface area contributed by atoms with Crippen molar-refractivity contribution in [3.63, 3.8) is 0 Å². The molecule has 24 heavy (non-hydrogen) atoms. The van der Waals surface area contributed by atoms with Gasteiger partial charge in [0.1, 0.15) is 0 Å². The minimum absolute atomic E-state index is 0.00752. The van der Waals surface area contributed by atoms with Gasteiger partial charge in [-0.25, -0.2) is 0 Å². The fourth-order valence-corrected chi connectivity index (χ4v) is 3.97. The SMILES string of the molecule is CC1CCN(CC(O)CN2C(=O)c3cccc4cccc2c34)CC1. The van der Waals surface area contributed by atoms with Crippen LogP contribution in [0.5, 0.6) is 0 Å². The smallest absolute Gasteiger partial charge is 0.259 e. The summed E-state index contributed by atoms with van der Waals surface area (Å²) in [4.78, 5) is 16.8. The molecule has 2 aliphatic rings. The fourth-order valence-electron chi connectivity index (χ4n) is 3.97. The van der Waals surface area contributed by atoms with Gasteiger partial charge in [-0.2, -0.15) is 0 Å². The molecule has 1 unspecified atom stereocenters. The van der Waals surface area contributed by atoms with Crippen molar-refractivity contribution in [1.29, 1.82) is 0 Å². The summed E-state index contributed by atoms with van der Waals surface area (Å²) in [5, 5.41) is 12.6. The Kier molecular flexibility index (Phi) is 4.02. The highest BCUT2D eigenvalue weighted by molar-refractivity contribution is 6.25. The largest absolute Gasteiger partial charge is 0.390 e. The maximum atomic E-state index is 12.7. The number of hydrogen-bond donors (Lipinski definition) is 1. The number of benzene rings is 2. The molecule has 0 radical (unpaired) electrons. The van der Waals surface area contributed by atoms with E-state index >= 15 is 0 Å². The van der Waals surface area contributed by atoms with Crippen molar-refractivity contribution < 1.29 is 9.90 Å². The molecule has 2 aromatic rings. The quantitative estimate of drug-likeness (QED) is 0.940. The molecule has 126 valence electrons. The van der Waals surface area contributed by atoms with Crippen LogP contribution in [0.2, 0.25) is 0 Å². The molecule has 0 aromatic heterocycles. The summed E-state index contributed by atoms with van der Waals surface area (Å²) in [7, 11) is 0. The number of anilines is 1. The molecule has 1 amide bonds. The van der Waals surface area contributed by atoms with E-state index < -0.39 is 6.10 Å². The number of aliphatic hydroxyl groups is 1. The summed E-state index contributed by atoms with van der Waals surface area (Å²) < 4.78 is 0. The van der Waals surface area contributed by atoms with E-state index in [2.05, 4.69) is 11.8 Å². The fraction of sp³-hybridized carbons (Fsp3) is 0.450. The number of nitrogens with zero attached hydrogens (tertiary/aromatic N) is 2. The Labute approximate surface area is 142 Å². The number of likely N-dealkylation sites (tertiary alicyclic amines) is 1. The van der Waals surface area contributed by atoms with Gasteiger partial charge in [0.05, 0.1) is 18.3 Å². The molecule has 2 aliphatic heterocycles. The number of rotatable bonds is 4. The lowest BCUT2D eigenvalue weighted by molar-refractivity contribution is 0.0860. The summed E-state index contributed by atoms with van der Waals surface area (Å²) in [6.45, 7) is 5.38. The van der Waals surface area contributed by atoms with Crippen LogP contribution in [0, 0.1) is 5.92 Å². The third kappa shape index (κ3) is 2.70. The van der Waals surface area contributed by atoms with Crippen molar-refractivity contribution in [2.45, 2.75) is 25.9 Å². The van der Waals surface area contributed by atoms with Crippen LogP contribution >= 0.6 is 0 Å². The summed E-state index contributed by atoms with van der Waals surface area (Å²) in [5.41, 5.74) is 1.68. The summed E-state index contributed by atoms with van der Waals surface area (Å²) in [6.07, 6.45) is 1.87. The number of aliphatic hydroxyl groups excluding tert-OH is 1. The molecule has 4 heteroatoms. The third-order valence-electron chi connectivity index (χ3n) is 5.39. The molecule has 1 N–H and O–H groups in total. The van der Waals surface area contributed by atoms with Gasteiger partial charge in [-0.05, 0) is 49.4 Å². The summed E-state index contributed by atoms with van der Waals surface area (Å²) in [6, 6.07) is 11.8. The van der Waals surface area contributed by atoms with E-state index in [0.717, 1.165) is 41.0 Å². The number of β-amino-alcohol motifs (C(OH)–C–C–N with tert-alkyl or cyclic N) is 1. The normalized spacial score (nSPS) is 20.1. The highest BCUT2D eigenvalue weighted by Gasteiger charge is 2.31. The molecular formula is C20H24N2O2. The first-order valence-corrected chi connectivity index (χ1v) is 8.87. The second-order valence-electron chi connectivity index (χ2n) is 7.23. The van der Waals surface area contributed by atoms with Crippen LogP contribution in [-0.2, 0) is 0 Å². The van der Waals surface area contributed by atoms with Gasteiger partial charge in [0.25, 0.3) is 5.91 Å². The van der Waals surface area contributed by atoms with E-state index in [0.29, 0.717) is 13.1 Å². The lowest BCUT2D eigenvalue weighted by atomic mass is 9.99. The molecular weight excluding hydrogens is 300 g/mol. The molecule has 0 aliphatic carbocycles. The molecule has 4 nitrogen and oxygen atoms in total. The summed E-state index contributed by atoms with van der Waals surface area (Å²) in [5.74, 6) is 0.791. The van der Waals surface area contributed by atoms with Gasteiger partial charge in [-0.15, -0.1) is 0 Å². The monoisotopic (exact) mass is 324 g/mol. The third-order valence-corrected chi connectivity index (χ3v) is 5.39. The zero-order valence-electron chi connectivity index (χ0n) is 14.1. The first-order valence-electron chi connectivity index (χ1n) is 8.87. The van der Waals surface area contributed by atoms with Gasteiger partial charge < -0.3 is 14.9 Å². The van der Waals surface area contributed by atoms with Crippen LogP contribution in [0.25, 0.3) is 10.8 Å². The van der Waals surface area contributed by atoms with E-state index in [1.807, 2.05) is 36.4 Å². The second kappa shape index (κ2) is 6.19. The Morgan fingerprint density at radius 2 is 1.83 bits per heavy atom. The van der Waals surface area contributed by atoms with E-state index in [-0.39, 0.29) is 5.91 Å². The van der Waals surface area contributed by atoms with Crippen molar-refractivity contribution in [2.75, 3.05) is 31.1 Å². The molecule has 2 heterocycles. The van der Waals surface area contributed by atoms with Gasteiger partial charge in [-0.1, -0.05) is 31.2 Å². The Hall–Kier alpha value is -1.91. The average Bonchev–Trinajstić information content (AvgIpc) is 2.85. The van der Waals surface area contributed by atoms with Crippen LogP contribution in [0.4, 0.5) is 5.69 Å². The van der Waals surface area contributed by atoms with Crippen LogP contribution in [0.1, 0.15) is 30.1 Å². The van der Waals surface area contributed by atoms with Gasteiger partial charge in [0, 0.05) is 17.5 Å². The standard InChI is InChI=1S/C20H24N2O2/c1-14-8-10-21(11-9-14)12-16(23)13-22-18-7-3-5-15-4-2-6-17(19(15)18)20(22)24/h2-7,14,16,23H,8-13H2,1H3. The van der Waals surface area contributed by atoms with Crippen LogP contribution in [-0.4, -0.2) is 48.2 Å². The van der Waals surface area contributed by atoms with Gasteiger partial charge >= 0.3 is 0 Å². The lowest BCUT2D eigenvalue weighted by Gasteiger charge is -2.32. The van der Waals surface area contributed by atoms with E-state index in [1.165, 1.54) is 12.8 Å². The maximum absolute atomic E-state index is 12.7. The molecule has 1 saturated heterocycles. The summed E-state index contributed by atoms with van der Waals surface area (Å²) >= 11 is 0. The zero-order valence-corrected chi connectivity index (χ0v) is 14.1. The Bertz CT molecular complexity index is 760. The number of carbonyl (C=O) groups is 1. The molecule has 1 fully saturated rings. The van der Waals surface area contributed by atoms with Crippen LogP contribution < -0.4 is 4.90 Å². The highest BCUT2D eigenvalue weighted by Crippen LogP contribution is 2.37. The predicted octanol–water partition coefficient (Wildman–Crippen LogP) is 2.89. The first-order chi connectivity index (χ1) is 11.6. The average molecular weight is 324 g/mol. The molecule has 4 rings (SSSR count). The highest BCUT2D eigenvalue weighted by atomic mass is 16.3. The van der Waals surface area contributed by atoms with E-state index in [1.54, 1.807) is 4.90 Å². The van der Waals surface area contributed by atoms with Crippen molar-refractivity contribution in [3.8, 4) is 0 Å². The molecule has 0 saturated carbocycles. The Balaban J connectivity index is 1.50. The lowest BCUT2D eigenvalue weighted by Crippen LogP contribution is -2.44. The number of carbonyl (C=O) groups excluding carboxylic acids is 1. The first kappa shape index (κ1) is 15.6. The van der Waals surface area contributed by atoms with Crippen molar-refractivity contribution in [1.82, 2.24) is 4.90 Å².